The number of nitrogens with one attached hydrogen (secondary N) is 1. The van der Waals surface area contributed by atoms with Crippen molar-refractivity contribution in [3.8, 4) is 5.75 Å². The number of halogens is 2. The van der Waals surface area contributed by atoms with Crippen molar-refractivity contribution in [2.24, 2.45) is 0 Å². The number of anilines is 2. The molecule has 0 fully saturated rings. The molecule has 0 radical (unpaired) electrons. The standard InChI is InChI=1S/C17H14F2N2O5S/c18-17(19)27(24,25)12-7-5-11(6-8-12)20-15(22)9-21-13-3-1-2-4-14(13)26-10-16(21)23/h1-8,17H,9-10H2,(H,20,22). The number of carbonyl (C=O) groups is 2. The molecule has 0 unspecified atom stereocenters. The van der Waals surface area contributed by atoms with Gasteiger partial charge in [-0.1, -0.05) is 12.1 Å². The molecule has 0 spiro atoms. The Morgan fingerprint density at radius 2 is 1.81 bits per heavy atom. The Morgan fingerprint density at radius 1 is 1.15 bits per heavy atom. The fraction of sp³-hybridized carbons (Fsp3) is 0.176. The molecule has 0 saturated carbocycles. The average Bonchev–Trinajstić information content (AvgIpc) is 2.64. The van der Waals surface area contributed by atoms with Crippen molar-refractivity contribution in [2.45, 2.75) is 10.7 Å². The lowest BCUT2D eigenvalue weighted by Gasteiger charge is -2.28. The molecule has 27 heavy (non-hydrogen) atoms. The van der Waals surface area contributed by atoms with E-state index >= 15 is 0 Å². The van der Waals surface area contributed by atoms with Gasteiger partial charge in [0, 0.05) is 5.69 Å². The maximum Gasteiger partial charge on any atom is 0.341 e. The molecule has 1 aliphatic rings. The van der Waals surface area contributed by atoms with Gasteiger partial charge in [-0.3, -0.25) is 14.5 Å². The summed E-state index contributed by atoms with van der Waals surface area (Å²) in [5.74, 6) is -3.97. The molecule has 10 heteroatoms. The Hall–Kier alpha value is -3.01. The van der Waals surface area contributed by atoms with Crippen LogP contribution in [0.15, 0.2) is 53.4 Å². The largest absolute Gasteiger partial charge is 0.482 e. The van der Waals surface area contributed by atoms with Crippen LogP contribution in [0.25, 0.3) is 0 Å². The summed E-state index contributed by atoms with van der Waals surface area (Å²) in [5.41, 5.74) is 0.671. The van der Waals surface area contributed by atoms with E-state index in [0.717, 1.165) is 12.1 Å². The first-order chi connectivity index (χ1) is 12.8. The third-order valence-corrected chi connectivity index (χ3v) is 5.21. The van der Waals surface area contributed by atoms with E-state index in [1.54, 1.807) is 24.3 Å². The van der Waals surface area contributed by atoms with Crippen molar-refractivity contribution < 1.29 is 31.5 Å². The Kier molecular flexibility index (Phi) is 5.08. The number of nitrogens with zero attached hydrogens (tertiary/aromatic N) is 1. The van der Waals surface area contributed by atoms with Gasteiger partial charge in [-0.15, -0.1) is 0 Å². The van der Waals surface area contributed by atoms with Crippen LogP contribution in [-0.2, 0) is 19.4 Å². The number of ether oxygens (including phenoxy) is 1. The second-order valence-corrected chi connectivity index (χ2v) is 7.53. The Bertz CT molecular complexity index is 977. The highest BCUT2D eigenvalue weighted by atomic mass is 32.2. The Balaban J connectivity index is 1.71. The number of amides is 2. The molecular weight excluding hydrogens is 382 g/mol. The monoisotopic (exact) mass is 396 g/mol. The molecule has 1 N–H and O–H groups in total. The number of para-hydroxylation sites is 2. The van der Waals surface area contributed by atoms with Crippen molar-refractivity contribution >= 4 is 33.0 Å². The Morgan fingerprint density at radius 3 is 2.48 bits per heavy atom. The van der Waals surface area contributed by atoms with Crippen LogP contribution < -0.4 is 15.0 Å². The van der Waals surface area contributed by atoms with Crippen molar-refractivity contribution in [2.75, 3.05) is 23.4 Å². The predicted octanol–water partition coefficient (Wildman–Crippen LogP) is 2.05. The first-order valence-electron chi connectivity index (χ1n) is 7.73. The van der Waals surface area contributed by atoms with E-state index in [2.05, 4.69) is 5.32 Å². The lowest BCUT2D eigenvalue weighted by Crippen LogP contribution is -2.43. The van der Waals surface area contributed by atoms with Crippen LogP contribution in [0.1, 0.15) is 0 Å². The van der Waals surface area contributed by atoms with Crippen LogP contribution in [0.3, 0.4) is 0 Å². The van der Waals surface area contributed by atoms with E-state index in [4.69, 9.17) is 4.74 Å². The van der Waals surface area contributed by atoms with Gasteiger partial charge in [0.1, 0.15) is 12.3 Å². The summed E-state index contributed by atoms with van der Waals surface area (Å²) in [6, 6.07) is 11.1. The van der Waals surface area contributed by atoms with Gasteiger partial charge in [0.15, 0.2) is 6.61 Å². The zero-order chi connectivity index (χ0) is 19.6. The molecule has 7 nitrogen and oxygen atoms in total. The number of hydrogen-bond acceptors (Lipinski definition) is 5. The zero-order valence-electron chi connectivity index (χ0n) is 13.8. The molecule has 0 aromatic heterocycles. The number of alkyl halides is 2. The zero-order valence-corrected chi connectivity index (χ0v) is 14.6. The van der Waals surface area contributed by atoms with Crippen LogP contribution in [-0.4, -0.2) is 39.1 Å². The predicted molar refractivity (Wildman–Crippen MR) is 92.6 cm³/mol. The van der Waals surface area contributed by atoms with Crippen LogP contribution in [0.4, 0.5) is 20.2 Å². The lowest BCUT2D eigenvalue weighted by molar-refractivity contribution is -0.123. The van der Waals surface area contributed by atoms with E-state index in [-0.39, 0.29) is 24.7 Å². The van der Waals surface area contributed by atoms with Gasteiger partial charge in [0.05, 0.1) is 10.6 Å². The van der Waals surface area contributed by atoms with Gasteiger partial charge < -0.3 is 10.1 Å². The van der Waals surface area contributed by atoms with Crippen LogP contribution in [0, 0.1) is 0 Å². The van der Waals surface area contributed by atoms with Crippen LogP contribution >= 0.6 is 0 Å². The smallest absolute Gasteiger partial charge is 0.341 e. The summed E-state index contributed by atoms with van der Waals surface area (Å²) in [6.45, 7) is -0.471. The molecule has 0 aliphatic carbocycles. The van der Waals surface area contributed by atoms with Crippen molar-refractivity contribution in [1.29, 1.82) is 0 Å². The molecule has 0 bridgehead atoms. The van der Waals surface area contributed by atoms with E-state index in [1.807, 2.05) is 0 Å². The maximum atomic E-state index is 12.5. The summed E-state index contributed by atoms with van der Waals surface area (Å²) in [5, 5.41) is 2.49. The van der Waals surface area contributed by atoms with Gasteiger partial charge in [-0.05, 0) is 36.4 Å². The quantitative estimate of drug-likeness (QED) is 0.835. The molecule has 2 aromatic rings. The highest BCUT2D eigenvalue weighted by Gasteiger charge is 2.28. The molecule has 0 atom stereocenters. The molecule has 142 valence electrons. The molecular formula is C17H14F2N2O5S. The fourth-order valence-corrected chi connectivity index (χ4v) is 3.22. The highest BCUT2D eigenvalue weighted by Crippen LogP contribution is 2.31. The van der Waals surface area contributed by atoms with Gasteiger partial charge in [-0.2, -0.15) is 8.78 Å². The third-order valence-electron chi connectivity index (χ3n) is 3.81. The topological polar surface area (TPSA) is 92.8 Å². The van der Waals surface area contributed by atoms with Crippen LogP contribution in [0.5, 0.6) is 5.75 Å². The van der Waals surface area contributed by atoms with E-state index in [0.29, 0.717) is 11.4 Å². The maximum absolute atomic E-state index is 12.5. The normalized spacial score (nSPS) is 13.9. The van der Waals surface area contributed by atoms with Crippen LogP contribution in [0.2, 0.25) is 0 Å². The lowest BCUT2D eigenvalue weighted by atomic mass is 10.2. The van der Waals surface area contributed by atoms with E-state index < -0.39 is 26.4 Å². The first-order valence-corrected chi connectivity index (χ1v) is 9.28. The second kappa shape index (κ2) is 7.31. The number of carbonyl (C=O) groups excluding carboxylic acids is 2. The minimum absolute atomic E-state index is 0.190. The third kappa shape index (κ3) is 3.90. The summed E-state index contributed by atoms with van der Waals surface area (Å²) in [7, 11) is -4.70. The SMILES string of the molecule is O=C(CN1C(=O)COc2ccccc21)Nc1ccc(S(=O)(=O)C(F)F)cc1. The van der Waals surface area contributed by atoms with Gasteiger partial charge in [0.25, 0.3) is 5.91 Å². The van der Waals surface area contributed by atoms with Crippen molar-refractivity contribution in [3.05, 3.63) is 48.5 Å². The number of hydrogen-bond donors (Lipinski definition) is 1. The minimum Gasteiger partial charge on any atom is -0.482 e. The molecule has 2 amide bonds. The summed E-state index contributed by atoms with van der Waals surface area (Å²) in [6.07, 6.45) is 0. The minimum atomic E-state index is -4.70. The first kappa shape index (κ1) is 18.8. The highest BCUT2D eigenvalue weighted by molar-refractivity contribution is 7.91. The van der Waals surface area contributed by atoms with Crippen molar-refractivity contribution in [1.82, 2.24) is 0 Å². The number of fused-ring (bicyclic) bond motifs is 1. The second-order valence-electron chi connectivity index (χ2n) is 5.61. The van der Waals surface area contributed by atoms with Crippen molar-refractivity contribution in [3.63, 3.8) is 0 Å². The van der Waals surface area contributed by atoms with Gasteiger partial charge in [0.2, 0.25) is 15.7 Å². The molecule has 1 aliphatic heterocycles. The molecule has 3 rings (SSSR count). The molecule has 0 saturated heterocycles. The number of benzene rings is 2. The van der Waals surface area contributed by atoms with Gasteiger partial charge in [-0.25, -0.2) is 8.42 Å². The molecule has 2 aromatic carbocycles. The summed E-state index contributed by atoms with van der Waals surface area (Å²) in [4.78, 5) is 25.0. The average molecular weight is 396 g/mol. The summed E-state index contributed by atoms with van der Waals surface area (Å²) >= 11 is 0. The van der Waals surface area contributed by atoms with E-state index in [1.165, 1.54) is 17.0 Å². The number of rotatable bonds is 5. The Labute approximate surface area is 153 Å². The fourth-order valence-electron chi connectivity index (χ4n) is 2.50. The van der Waals surface area contributed by atoms with E-state index in [9.17, 15) is 26.8 Å². The summed E-state index contributed by atoms with van der Waals surface area (Å²) < 4.78 is 53.1. The van der Waals surface area contributed by atoms with Gasteiger partial charge >= 0.3 is 5.76 Å². The number of sulfone groups is 1. The molecule has 1 heterocycles.